The van der Waals surface area contributed by atoms with Gasteiger partial charge in [-0.2, -0.15) is 0 Å². The molecule has 1 N–H and O–H groups in total. The summed E-state index contributed by atoms with van der Waals surface area (Å²) in [6.45, 7) is 5.36. The van der Waals surface area contributed by atoms with Crippen molar-refractivity contribution in [2.45, 2.75) is 20.8 Å². The number of hydrogen-bond acceptors (Lipinski definition) is 3. The molecule has 1 heterocycles. The van der Waals surface area contributed by atoms with Crippen LogP contribution in [0.4, 0.5) is 5.82 Å². The molecule has 0 aliphatic rings. The van der Waals surface area contributed by atoms with E-state index >= 15 is 0 Å². The van der Waals surface area contributed by atoms with Crippen molar-refractivity contribution in [3.8, 4) is 0 Å². The summed E-state index contributed by atoms with van der Waals surface area (Å²) in [5.41, 5.74) is -0.209. The van der Waals surface area contributed by atoms with Gasteiger partial charge in [0.05, 0.1) is 11.4 Å². The summed E-state index contributed by atoms with van der Waals surface area (Å²) in [5.74, 6) is -0.328. The van der Waals surface area contributed by atoms with E-state index in [9.17, 15) is 9.59 Å². The molecule has 5 heteroatoms. The predicted molar refractivity (Wildman–Crippen MR) is 67.4 cm³/mol. The molecule has 1 rings (SSSR count). The largest absolute Gasteiger partial charge is 0.310 e. The van der Waals surface area contributed by atoms with Gasteiger partial charge in [-0.25, -0.2) is 4.98 Å². The Morgan fingerprint density at radius 2 is 2.06 bits per heavy atom. The highest BCUT2D eigenvalue weighted by Gasteiger charge is 2.23. The third-order valence-electron chi connectivity index (χ3n) is 2.14. The van der Waals surface area contributed by atoms with E-state index in [2.05, 4.69) is 10.3 Å². The molecule has 0 aliphatic heterocycles. The van der Waals surface area contributed by atoms with Crippen molar-refractivity contribution in [3.63, 3.8) is 0 Å². The van der Waals surface area contributed by atoms with Crippen LogP contribution in [0.1, 0.15) is 31.1 Å². The number of alkyl halides is 1. The van der Waals surface area contributed by atoms with Crippen molar-refractivity contribution in [3.05, 3.63) is 23.9 Å². The molecule has 0 fully saturated rings. The standard InChI is InChI=1S/C12H15ClN2O2/c1-12(2,3)11(17)15-10-8(9(16)7-13)5-4-6-14-10/h4-6H,7H2,1-3H3,(H,14,15,17). The molecular weight excluding hydrogens is 240 g/mol. The van der Waals surface area contributed by atoms with Gasteiger partial charge >= 0.3 is 0 Å². The van der Waals surface area contributed by atoms with Crippen molar-refractivity contribution in [2.75, 3.05) is 11.2 Å². The van der Waals surface area contributed by atoms with Gasteiger partial charge in [-0.1, -0.05) is 20.8 Å². The zero-order valence-corrected chi connectivity index (χ0v) is 10.8. The normalized spacial score (nSPS) is 11.1. The van der Waals surface area contributed by atoms with Gasteiger partial charge < -0.3 is 5.32 Å². The Balaban J connectivity index is 2.99. The number of ketones is 1. The van der Waals surface area contributed by atoms with Crippen molar-refractivity contribution in [1.82, 2.24) is 4.98 Å². The number of aromatic nitrogens is 1. The number of Topliss-reactive ketones (excluding diaryl/α,β-unsaturated/α-hetero) is 1. The van der Waals surface area contributed by atoms with Crippen LogP contribution in [0.5, 0.6) is 0 Å². The molecule has 0 saturated heterocycles. The first-order chi connectivity index (χ1) is 7.86. The average molecular weight is 255 g/mol. The van der Waals surface area contributed by atoms with Crippen molar-refractivity contribution in [1.29, 1.82) is 0 Å². The van der Waals surface area contributed by atoms with Gasteiger partial charge in [0, 0.05) is 11.6 Å². The number of carbonyl (C=O) groups excluding carboxylic acids is 2. The number of halogens is 1. The number of nitrogens with one attached hydrogen (secondary N) is 1. The van der Waals surface area contributed by atoms with E-state index in [-0.39, 0.29) is 23.4 Å². The van der Waals surface area contributed by atoms with Crippen molar-refractivity contribution < 1.29 is 9.59 Å². The lowest BCUT2D eigenvalue weighted by atomic mass is 9.95. The van der Waals surface area contributed by atoms with Crippen LogP contribution in [0, 0.1) is 5.41 Å². The van der Waals surface area contributed by atoms with E-state index in [0.717, 1.165) is 0 Å². The van der Waals surface area contributed by atoms with Crippen LogP contribution in [0.25, 0.3) is 0 Å². The van der Waals surface area contributed by atoms with Gasteiger partial charge in [0.2, 0.25) is 5.91 Å². The quantitative estimate of drug-likeness (QED) is 0.666. The van der Waals surface area contributed by atoms with Crippen LogP contribution < -0.4 is 5.32 Å². The fourth-order valence-corrected chi connectivity index (χ4v) is 1.24. The Morgan fingerprint density at radius 1 is 1.41 bits per heavy atom. The molecule has 1 aromatic rings. The van der Waals surface area contributed by atoms with Crippen LogP contribution in [-0.2, 0) is 4.79 Å². The molecule has 0 aliphatic carbocycles. The molecule has 17 heavy (non-hydrogen) atoms. The van der Waals surface area contributed by atoms with Crippen molar-refractivity contribution in [2.24, 2.45) is 5.41 Å². The summed E-state index contributed by atoms with van der Waals surface area (Å²) >= 11 is 5.49. The summed E-state index contributed by atoms with van der Waals surface area (Å²) in [6.07, 6.45) is 1.52. The Hall–Kier alpha value is -1.42. The summed E-state index contributed by atoms with van der Waals surface area (Å²) in [5, 5.41) is 2.64. The highest BCUT2D eigenvalue weighted by molar-refractivity contribution is 6.31. The number of pyridine rings is 1. The molecule has 0 aromatic carbocycles. The summed E-state index contributed by atoms with van der Waals surface area (Å²) in [6, 6.07) is 3.22. The minimum absolute atomic E-state index is 0.135. The molecule has 92 valence electrons. The van der Waals surface area contributed by atoms with Gasteiger partial charge in [-0.05, 0) is 12.1 Å². The molecule has 0 bridgehead atoms. The molecule has 1 aromatic heterocycles. The summed E-state index contributed by atoms with van der Waals surface area (Å²) in [4.78, 5) is 27.3. The zero-order valence-electron chi connectivity index (χ0n) is 10.1. The lowest BCUT2D eigenvalue weighted by molar-refractivity contribution is -0.123. The second-order valence-corrected chi connectivity index (χ2v) is 4.93. The van der Waals surface area contributed by atoms with E-state index in [1.165, 1.54) is 6.20 Å². The SMILES string of the molecule is CC(C)(C)C(=O)Nc1ncccc1C(=O)CCl. The van der Waals surface area contributed by atoms with Crippen LogP contribution in [0.15, 0.2) is 18.3 Å². The van der Waals surface area contributed by atoms with E-state index in [0.29, 0.717) is 5.56 Å². The smallest absolute Gasteiger partial charge is 0.230 e. The molecule has 0 radical (unpaired) electrons. The fourth-order valence-electron chi connectivity index (χ4n) is 1.10. The summed E-state index contributed by atoms with van der Waals surface area (Å²) in [7, 11) is 0. The van der Waals surface area contributed by atoms with Gasteiger partial charge in [0.25, 0.3) is 0 Å². The number of amides is 1. The number of hydrogen-bond donors (Lipinski definition) is 1. The Bertz CT molecular complexity index is 438. The number of nitrogens with zero attached hydrogens (tertiary/aromatic N) is 1. The third-order valence-corrected chi connectivity index (χ3v) is 2.39. The molecule has 0 saturated carbocycles. The van der Waals surface area contributed by atoms with Crippen LogP contribution >= 0.6 is 11.6 Å². The lowest BCUT2D eigenvalue weighted by Gasteiger charge is -2.18. The Morgan fingerprint density at radius 3 is 2.59 bits per heavy atom. The molecule has 0 atom stereocenters. The maximum Gasteiger partial charge on any atom is 0.230 e. The average Bonchev–Trinajstić information content (AvgIpc) is 2.27. The highest BCUT2D eigenvalue weighted by atomic mass is 35.5. The number of carbonyl (C=O) groups is 2. The van der Waals surface area contributed by atoms with Crippen LogP contribution in [0.3, 0.4) is 0 Å². The Kier molecular flexibility index (Phi) is 4.23. The zero-order chi connectivity index (χ0) is 13.1. The monoisotopic (exact) mass is 254 g/mol. The summed E-state index contributed by atoms with van der Waals surface area (Å²) < 4.78 is 0. The van der Waals surface area contributed by atoms with Gasteiger partial charge in [-0.15, -0.1) is 11.6 Å². The first-order valence-corrected chi connectivity index (χ1v) is 5.75. The topological polar surface area (TPSA) is 59.1 Å². The van der Waals surface area contributed by atoms with E-state index in [4.69, 9.17) is 11.6 Å². The van der Waals surface area contributed by atoms with E-state index in [1.54, 1.807) is 32.9 Å². The van der Waals surface area contributed by atoms with Crippen LogP contribution in [0.2, 0.25) is 0 Å². The lowest BCUT2D eigenvalue weighted by Crippen LogP contribution is -2.29. The first-order valence-electron chi connectivity index (χ1n) is 5.22. The molecule has 0 unspecified atom stereocenters. The number of anilines is 1. The second-order valence-electron chi connectivity index (χ2n) is 4.66. The third kappa shape index (κ3) is 3.53. The maximum absolute atomic E-state index is 11.8. The second kappa shape index (κ2) is 5.27. The van der Waals surface area contributed by atoms with Gasteiger partial charge in [0.15, 0.2) is 5.78 Å². The molecule has 0 spiro atoms. The minimum Gasteiger partial charge on any atom is -0.310 e. The van der Waals surface area contributed by atoms with Crippen molar-refractivity contribution >= 4 is 29.1 Å². The van der Waals surface area contributed by atoms with E-state index in [1.807, 2.05) is 0 Å². The first kappa shape index (κ1) is 13.6. The minimum atomic E-state index is -0.543. The van der Waals surface area contributed by atoms with E-state index < -0.39 is 5.41 Å². The highest BCUT2D eigenvalue weighted by Crippen LogP contribution is 2.19. The molecule has 1 amide bonds. The maximum atomic E-state index is 11.8. The van der Waals surface area contributed by atoms with Gasteiger partial charge in [0.1, 0.15) is 5.82 Å². The van der Waals surface area contributed by atoms with Gasteiger partial charge in [-0.3, -0.25) is 9.59 Å². The Labute approximate surface area is 105 Å². The molecular formula is C12H15ClN2O2. The van der Waals surface area contributed by atoms with Crippen LogP contribution in [-0.4, -0.2) is 22.6 Å². The fraction of sp³-hybridized carbons (Fsp3) is 0.417. The molecule has 4 nitrogen and oxygen atoms in total. The number of rotatable bonds is 3. The predicted octanol–water partition coefficient (Wildman–Crippen LogP) is 2.49.